The summed E-state index contributed by atoms with van der Waals surface area (Å²) in [7, 11) is 0. The Morgan fingerprint density at radius 2 is 2.18 bits per heavy atom. The molecule has 1 N–H and O–H groups in total. The molecule has 3 heteroatoms. The van der Waals surface area contributed by atoms with Gasteiger partial charge in [-0.3, -0.25) is 9.69 Å². The molecule has 0 fully saturated rings. The summed E-state index contributed by atoms with van der Waals surface area (Å²) in [5, 5.41) is 9.27. The minimum atomic E-state index is -0.733. The Balaban J connectivity index is 2.21. The van der Waals surface area contributed by atoms with Crippen molar-refractivity contribution < 1.29 is 9.90 Å². The number of carboxylic acids is 1. The second kappa shape index (κ2) is 5.15. The maximum atomic E-state index is 11.3. The molecule has 0 unspecified atom stereocenters. The predicted molar refractivity (Wildman–Crippen MR) is 66.8 cm³/mol. The van der Waals surface area contributed by atoms with Crippen LogP contribution in [-0.4, -0.2) is 28.6 Å². The van der Waals surface area contributed by atoms with Gasteiger partial charge in [-0.15, -0.1) is 6.58 Å². The van der Waals surface area contributed by atoms with Gasteiger partial charge in [-0.1, -0.05) is 30.3 Å². The maximum Gasteiger partial charge on any atom is 0.321 e. The first kappa shape index (κ1) is 11.9. The molecule has 90 valence electrons. The van der Waals surface area contributed by atoms with E-state index in [1.54, 1.807) is 0 Å². The fraction of sp³-hybridized carbons (Fsp3) is 0.357. The lowest BCUT2D eigenvalue weighted by atomic mass is 9.94. The molecule has 1 aliphatic heterocycles. The number of hydrogen-bond acceptors (Lipinski definition) is 2. The van der Waals surface area contributed by atoms with E-state index in [0.717, 1.165) is 25.1 Å². The van der Waals surface area contributed by atoms with Gasteiger partial charge in [0.15, 0.2) is 0 Å². The van der Waals surface area contributed by atoms with Gasteiger partial charge in [0, 0.05) is 13.1 Å². The van der Waals surface area contributed by atoms with Gasteiger partial charge in [0.2, 0.25) is 0 Å². The molecule has 1 heterocycles. The first-order valence-corrected chi connectivity index (χ1v) is 5.87. The molecular formula is C14H17NO2. The third-order valence-electron chi connectivity index (χ3n) is 3.25. The van der Waals surface area contributed by atoms with Crippen LogP contribution in [0.25, 0.3) is 0 Å². The minimum absolute atomic E-state index is 0.398. The Bertz CT molecular complexity index is 428. The fourth-order valence-electron chi connectivity index (χ4n) is 2.31. The Morgan fingerprint density at radius 3 is 2.82 bits per heavy atom. The molecule has 0 saturated carbocycles. The van der Waals surface area contributed by atoms with Gasteiger partial charge in [-0.2, -0.15) is 0 Å². The maximum absolute atomic E-state index is 11.3. The summed E-state index contributed by atoms with van der Waals surface area (Å²) in [5.41, 5.74) is 2.41. The molecule has 3 nitrogen and oxygen atoms in total. The zero-order chi connectivity index (χ0) is 12.3. The summed E-state index contributed by atoms with van der Waals surface area (Å²) >= 11 is 0. The highest BCUT2D eigenvalue weighted by Gasteiger charge is 2.30. The van der Waals surface area contributed by atoms with Crippen LogP contribution < -0.4 is 0 Å². The largest absolute Gasteiger partial charge is 0.480 e. The van der Waals surface area contributed by atoms with E-state index < -0.39 is 12.0 Å². The van der Waals surface area contributed by atoms with E-state index in [1.165, 1.54) is 5.56 Å². The average molecular weight is 231 g/mol. The van der Waals surface area contributed by atoms with Crippen LogP contribution in [0.15, 0.2) is 36.9 Å². The zero-order valence-corrected chi connectivity index (χ0v) is 9.80. The summed E-state index contributed by atoms with van der Waals surface area (Å²) in [4.78, 5) is 13.3. The van der Waals surface area contributed by atoms with Crippen molar-refractivity contribution in [3.05, 3.63) is 48.0 Å². The summed E-state index contributed by atoms with van der Waals surface area (Å²) in [5.74, 6) is -0.733. The van der Waals surface area contributed by atoms with Crippen LogP contribution in [0.1, 0.15) is 17.5 Å². The molecule has 0 saturated heterocycles. The Kier molecular flexibility index (Phi) is 3.59. The molecule has 0 radical (unpaired) electrons. The van der Waals surface area contributed by atoms with Crippen molar-refractivity contribution in [2.75, 3.05) is 6.54 Å². The third-order valence-corrected chi connectivity index (χ3v) is 3.25. The quantitative estimate of drug-likeness (QED) is 0.806. The van der Waals surface area contributed by atoms with Crippen LogP contribution in [0.5, 0.6) is 0 Å². The first-order chi connectivity index (χ1) is 8.22. The van der Waals surface area contributed by atoms with Crippen LogP contribution in [0.4, 0.5) is 0 Å². The van der Waals surface area contributed by atoms with Crippen LogP contribution in [0.3, 0.4) is 0 Å². The molecule has 0 spiro atoms. The second-order valence-corrected chi connectivity index (χ2v) is 4.37. The van der Waals surface area contributed by atoms with E-state index in [0.29, 0.717) is 6.42 Å². The Morgan fingerprint density at radius 1 is 1.47 bits per heavy atom. The van der Waals surface area contributed by atoms with Crippen LogP contribution in [0.2, 0.25) is 0 Å². The van der Waals surface area contributed by atoms with E-state index in [2.05, 4.69) is 12.6 Å². The number of carboxylic acid groups (broad SMARTS) is 1. The van der Waals surface area contributed by atoms with Gasteiger partial charge < -0.3 is 5.11 Å². The van der Waals surface area contributed by atoms with E-state index in [9.17, 15) is 9.90 Å². The van der Waals surface area contributed by atoms with E-state index >= 15 is 0 Å². The van der Waals surface area contributed by atoms with Crippen molar-refractivity contribution in [1.82, 2.24) is 4.90 Å². The Labute approximate surface area is 101 Å². The summed E-state index contributed by atoms with van der Waals surface area (Å²) in [6.45, 7) is 5.17. The molecule has 1 aromatic carbocycles. The van der Waals surface area contributed by atoms with Crippen molar-refractivity contribution in [3.8, 4) is 0 Å². The minimum Gasteiger partial charge on any atom is -0.480 e. The van der Waals surface area contributed by atoms with E-state index in [1.807, 2.05) is 29.2 Å². The van der Waals surface area contributed by atoms with Gasteiger partial charge >= 0.3 is 5.97 Å². The topological polar surface area (TPSA) is 40.5 Å². The highest BCUT2D eigenvalue weighted by Crippen LogP contribution is 2.23. The standard InChI is InChI=1S/C14H17NO2/c1-2-3-8-15-10-12-7-5-4-6-11(12)9-13(15)14(16)17/h2,4-7,13H,1,3,8-10H2,(H,16,17)/t13-/m0/s1. The number of aliphatic carboxylic acids is 1. The highest BCUT2D eigenvalue weighted by molar-refractivity contribution is 5.74. The van der Waals surface area contributed by atoms with Crippen molar-refractivity contribution >= 4 is 5.97 Å². The van der Waals surface area contributed by atoms with E-state index in [4.69, 9.17) is 0 Å². The zero-order valence-electron chi connectivity index (χ0n) is 9.80. The molecule has 0 amide bonds. The number of fused-ring (bicyclic) bond motifs is 1. The number of carbonyl (C=O) groups is 1. The van der Waals surface area contributed by atoms with Crippen LogP contribution in [0, 0.1) is 0 Å². The van der Waals surface area contributed by atoms with Crippen LogP contribution in [-0.2, 0) is 17.8 Å². The third kappa shape index (κ3) is 2.56. The van der Waals surface area contributed by atoms with Crippen molar-refractivity contribution in [3.63, 3.8) is 0 Å². The van der Waals surface area contributed by atoms with Gasteiger partial charge in [-0.25, -0.2) is 0 Å². The number of hydrogen-bond donors (Lipinski definition) is 1. The number of nitrogens with zero attached hydrogens (tertiary/aromatic N) is 1. The molecule has 0 aliphatic carbocycles. The van der Waals surface area contributed by atoms with Gasteiger partial charge in [0.25, 0.3) is 0 Å². The molecule has 2 rings (SSSR count). The number of rotatable bonds is 4. The van der Waals surface area contributed by atoms with Gasteiger partial charge in [-0.05, 0) is 24.0 Å². The van der Waals surface area contributed by atoms with Gasteiger partial charge in [0.1, 0.15) is 6.04 Å². The summed E-state index contributed by atoms with van der Waals surface area (Å²) < 4.78 is 0. The normalized spacial score (nSPS) is 19.6. The monoisotopic (exact) mass is 231 g/mol. The average Bonchev–Trinajstić information content (AvgIpc) is 2.35. The lowest BCUT2D eigenvalue weighted by molar-refractivity contribution is -0.143. The van der Waals surface area contributed by atoms with Crippen molar-refractivity contribution in [2.24, 2.45) is 0 Å². The molecule has 1 aromatic rings. The summed E-state index contributed by atoms with van der Waals surface area (Å²) in [6, 6.07) is 7.68. The molecule has 1 atom stereocenters. The molecular weight excluding hydrogens is 214 g/mol. The van der Waals surface area contributed by atoms with Crippen molar-refractivity contribution in [2.45, 2.75) is 25.4 Å². The molecule has 0 aromatic heterocycles. The lowest BCUT2D eigenvalue weighted by Gasteiger charge is -2.34. The van der Waals surface area contributed by atoms with Crippen LogP contribution >= 0.6 is 0 Å². The first-order valence-electron chi connectivity index (χ1n) is 5.87. The van der Waals surface area contributed by atoms with Crippen molar-refractivity contribution in [1.29, 1.82) is 0 Å². The second-order valence-electron chi connectivity index (χ2n) is 4.37. The molecule has 0 bridgehead atoms. The fourth-order valence-corrected chi connectivity index (χ4v) is 2.31. The lowest BCUT2D eigenvalue weighted by Crippen LogP contribution is -2.45. The van der Waals surface area contributed by atoms with Gasteiger partial charge in [0.05, 0.1) is 0 Å². The summed E-state index contributed by atoms with van der Waals surface area (Å²) in [6.07, 6.45) is 3.26. The Hall–Kier alpha value is -1.61. The highest BCUT2D eigenvalue weighted by atomic mass is 16.4. The number of benzene rings is 1. The SMILES string of the molecule is C=CCCN1Cc2ccccc2C[C@H]1C(=O)O. The molecule has 17 heavy (non-hydrogen) atoms. The molecule has 1 aliphatic rings. The smallest absolute Gasteiger partial charge is 0.321 e. The predicted octanol–water partition coefficient (Wildman–Crippen LogP) is 2.07. The van der Waals surface area contributed by atoms with E-state index in [-0.39, 0.29) is 0 Å².